The van der Waals surface area contributed by atoms with Crippen molar-refractivity contribution >= 4 is 11.6 Å². The minimum atomic E-state index is -0.935. The second-order valence-corrected chi connectivity index (χ2v) is 4.14. The van der Waals surface area contributed by atoms with Crippen LogP contribution in [0.3, 0.4) is 0 Å². The predicted molar refractivity (Wildman–Crippen MR) is 64.1 cm³/mol. The van der Waals surface area contributed by atoms with Gasteiger partial charge in [0.25, 0.3) is 0 Å². The first kappa shape index (κ1) is 11.6. The van der Waals surface area contributed by atoms with Crippen LogP contribution in [0.2, 0.25) is 0 Å². The van der Waals surface area contributed by atoms with Gasteiger partial charge in [0.2, 0.25) is 0 Å². The third-order valence-corrected chi connectivity index (χ3v) is 2.92. The smallest absolute Gasteiger partial charge is 0.313 e. The molecule has 5 heteroatoms. The number of nitrogens with two attached hydrogens (primary N) is 1. The van der Waals surface area contributed by atoms with Crippen molar-refractivity contribution in [3.05, 3.63) is 35.3 Å². The number of hydrogen-bond donors (Lipinski definition) is 2. The zero-order valence-electron chi connectivity index (χ0n) is 9.84. The van der Waals surface area contributed by atoms with E-state index < -0.39 is 11.9 Å². The van der Waals surface area contributed by atoms with E-state index in [0.29, 0.717) is 5.69 Å². The summed E-state index contributed by atoms with van der Waals surface area (Å²) in [5, 5.41) is 9.10. The first-order chi connectivity index (χ1) is 8.04. The van der Waals surface area contributed by atoms with E-state index in [1.807, 2.05) is 36.6 Å². The second kappa shape index (κ2) is 4.18. The Hall–Kier alpha value is -1.88. The lowest BCUT2D eigenvalue weighted by Gasteiger charge is -2.07. The summed E-state index contributed by atoms with van der Waals surface area (Å²) in [6, 6.07) is 3.88. The van der Waals surface area contributed by atoms with Gasteiger partial charge in [-0.1, -0.05) is 0 Å². The molecular weight excluding hydrogens is 218 g/mol. The first-order valence-electron chi connectivity index (χ1n) is 5.42. The molecule has 0 radical (unpaired) electrons. The van der Waals surface area contributed by atoms with Crippen LogP contribution < -0.4 is 5.73 Å². The number of imidazole rings is 1. The van der Waals surface area contributed by atoms with Gasteiger partial charge >= 0.3 is 5.97 Å². The minimum Gasteiger partial charge on any atom is -0.481 e. The highest BCUT2D eigenvalue weighted by Crippen LogP contribution is 2.20. The normalized spacial score (nSPS) is 12.9. The maximum absolute atomic E-state index is 11.1. The standard InChI is InChI=1S/C12H15N3O2/c1-7-3-4-15-8(2)11(14-10(15)5-7)9(6-13)12(16)17/h3-5,9H,6,13H2,1-2H3,(H,16,17). The average molecular weight is 233 g/mol. The molecule has 0 saturated carbocycles. The molecule has 2 aromatic heterocycles. The van der Waals surface area contributed by atoms with Crippen molar-refractivity contribution in [2.45, 2.75) is 19.8 Å². The van der Waals surface area contributed by atoms with Crippen LogP contribution in [0, 0.1) is 13.8 Å². The highest BCUT2D eigenvalue weighted by atomic mass is 16.4. The topological polar surface area (TPSA) is 80.6 Å². The molecule has 0 saturated heterocycles. The summed E-state index contributed by atoms with van der Waals surface area (Å²) in [5.41, 5.74) is 8.73. The number of nitrogens with zero attached hydrogens (tertiary/aromatic N) is 2. The summed E-state index contributed by atoms with van der Waals surface area (Å²) >= 11 is 0. The Morgan fingerprint density at radius 3 is 2.88 bits per heavy atom. The van der Waals surface area contributed by atoms with Crippen molar-refractivity contribution in [2.24, 2.45) is 5.73 Å². The van der Waals surface area contributed by atoms with Crippen molar-refractivity contribution in [3.63, 3.8) is 0 Å². The van der Waals surface area contributed by atoms with Crippen LogP contribution in [-0.4, -0.2) is 27.0 Å². The summed E-state index contributed by atoms with van der Waals surface area (Å²) in [6.45, 7) is 3.89. The summed E-state index contributed by atoms with van der Waals surface area (Å²) in [6.07, 6.45) is 1.89. The Labute approximate surface area is 98.9 Å². The van der Waals surface area contributed by atoms with E-state index in [4.69, 9.17) is 10.8 Å². The molecule has 0 aromatic carbocycles. The largest absolute Gasteiger partial charge is 0.481 e. The number of aliphatic carboxylic acids is 1. The summed E-state index contributed by atoms with van der Waals surface area (Å²) in [5.74, 6) is -1.68. The molecule has 90 valence electrons. The molecule has 0 aliphatic heterocycles. The molecule has 1 atom stereocenters. The molecule has 1 unspecified atom stereocenters. The third kappa shape index (κ3) is 1.89. The van der Waals surface area contributed by atoms with Crippen molar-refractivity contribution in [1.82, 2.24) is 9.38 Å². The number of rotatable bonds is 3. The van der Waals surface area contributed by atoms with Gasteiger partial charge in [0.1, 0.15) is 11.6 Å². The molecule has 17 heavy (non-hydrogen) atoms. The van der Waals surface area contributed by atoms with E-state index in [1.54, 1.807) is 0 Å². The Balaban J connectivity index is 2.62. The lowest BCUT2D eigenvalue weighted by Crippen LogP contribution is -2.22. The van der Waals surface area contributed by atoms with E-state index in [9.17, 15) is 4.79 Å². The minimum absolute atomic E-state index is 0.0546. The summed E-state index contributed by atoms with van der Waals surface area (Å²) in [7, 11) is 0. The number of hydrogen-bond acceptors (Lipinski definition) is 3. The van der Waals surface area contributed by atoms with Gasteiger partial charge in [-0.3, -0.25) is 4.79 Å². The van der Waals surface area contributed by atoms with Gasteiger partial charge in [-0.15, -0.1) is 0 Å². The van der Waals surface area contributed by atoms with Crippen LogP contribution in [0.15, 0.2) is 18.3 Å². The third-order valence-electron chi connectivity index (χ3n) is 2.92. The highest BCUT2D eigenvalue weighted by molar-refractivity contribution is 5.76. The van der Waals surface area contributed by atoms with Gasteiger partial charge in [-0.05, 0) is 31.5 Å². The zero-order valence-corrected chi connectivity index (χ0v) is 9.84. The van der Waals surface area contributed by atoms with E-state index in [-0.39, 0.29) is 6.54 Å². The zero-order chi connectivity index (χ0) is 12.6. The van der Waals surface area contributed by atoms with Gasteiger partial charge in [-0.25, -0.2) is 4.98 Å². The van der Waals surface area contributed by atoms with Crippen molar-refractivity contribution in [1.29, 1.82) is 0 Å². The molecule has 0 fully saturated rings. The van der Waals surface area contributed by atoms with Gasteiger partial charge in [0.15, 0.2) is 0 Å². The molecule has 2 rings (SSSR count). The number of aryl methyl sites for hydroxylation is 2. The van der Waals surface area contributed by atoms with Gasteiger partial charge in [0, 0.05) is 18.4 Å². The van der Waals surface area contributed by atoms with Crippen molar-refractivity contribution in [3.8, 4) is 0 Å². The number of carbonyl (C=O) groups is 1. The van der Waals surface area contributed by atoms with Crippen LogP contribution in [-0.2, 0) is 4.79 Å². The van der Waals surface area contributed by atoms with Gasteiger partial charge in [0.05, 0.1) is 5.69 Å². The molecule has 0 bridgehead atoms. The summed E-state index contributed by atoms with van der Waals surface area (Å²) in [4.78, 5) is 15.5. The fourth-order valence-corrected chi connectivity index (χ4v) is 1.95. The molecule has 0 aliphatic rings. The quantitative estimate of drug-likeness (QED) is 0.831. The average Bonchev–Trinajstić information content (AvgIpc) is 2.56. The SMILES string of the molecule is Cc1ccn2c(C)c(C(CN)C(=O)O)nc2c1. The highest BCUT2D eigenvalue weighted by Gasteiger charge is 2.24. The second-order valence-electron chi connectivity index (χ2n) is 4.14. The first-order valence-corrected chi connectivity index (χ1v) is 5.42. The number of aromatic nitrogens is 2. The monoisotopic (exact) mass is 233 g/mol. The molecule has 2 aromatic rings. The number of fused-ring (bicyclic) bond motifs is 1. The molecular formula is C12H15N3O2. The maximum atomic E-state index is 11.1. The van der Waals surface area contributed by atoms with Crippen LogP contribution in [0.25, 0.3) is 5.65 Å². The molecule has 2 heterocycles. The van der Waals surface area contributed by atoms with Crippen molar-refractivity contribution < 1.29 is 9.90 Å². The fourth-order valence-electron chi connectivity index (χ4n) is 1.95. The Bertz CT molecular complexity index is 574. The molecule has 0 amide bonds. The lowest BCUT2D eigenvalue weighted by atomic mass is 10.1. The number of pyridine rings is 1. The van der Waals surface area contributed by atoms with Crippen molar-refractivity contribution in [2.75, 3.05) is 6.54 Å². The molecule has 0 aliphatic carbocycles. The Kier molecular flexibility index (Phi) is 2.85. The molecule has 0 spiro atoms. The number of carboxylic acids is 1. The Morgan fingerprint density at radius 2 is 2.29 bits per heavy atom. The molecule has 5 nitrogen and oxygen atoms in total. The van der Waals surface area contributed by atoms with Gasteiger partial charge < -0.3 is 15.2 Å². The van der Waals surface area contributed by atoms with E-state index in [0.717, 1.165) is 16.9 Å². The van der Waals surface area contributed by atoms with Crippen LogP contribution in [0.5, 0.6) is 0 Å². The fraction of sp³-hybridized carbons (Fsp3) is 0.333. The molecule has 3 N–H and O–H groups in total. The maximum Gasteiger partial charge on any atom is 0.313 e. The summed E-state index contributed by atoms with van der Waals surface area (Å²) < 4.78 is 1.88. The van der Waals surface area contributed by atoms with E-state index in [1.165, 1.54) is 0 Å². The van der Waals surface area contributed by atoms with Crippen LogP contribution in [0.1, 0.15) is 22.9 Å². The van der Waals surface area contributed by atoms with E-state index in [2.05, 4.69) is 4.98 Å². The van der Waals surface area contributed by atoms with Gasteiger partial charge in [-0.2, -0.15) is 0 Å². The van der Waals surface area contributed by atoms with E-state index >= 15 is 0 Å². The number of carboxylic acid groups (broad SMARTS) is 1. The van der Waals surface area contributed by atoms with Crippen LogP contribution in [0.4, 0.5) is 0 Å². The predicted octanol–water partition coefficient (Wildman–Crippen LogP) is 1.08. The van der Waals surface area contributed by atoms with Crippen LogP contribution >= 0.6 is 0 Å². The Morgan fingerprint density at radius 1 is 1.59 bits per heavy atom. The lowest BCUT2D eigenvalue weighted by molar-refractivity contribution is -0.138.